The minimum atomic E-state index is -0.0372. The lowest BCUT2D eigenvalue weighted by atomic mass is 9.87. The van der Waals surface area contributed by atoms with E-state index in [4.69, 9.17) is 0 Å². The van der Waals surface area contributed by atoms with Crippen LogP contribution in [0.25, 0.3) is 0 Å². The van der Waals surface area contributed by atoms with Crippen molar-refractivity contribution < 1.29 is 4.79 Å². The second kappa shape index (κ2) is 4.53. The molecular weight excluding hydrogens is 294 g/mol. The Morgan fingerprint density at radius 3 is 3.22 bits per heavy atom. The molecule has 1 amide bonds. The van der Waals surface area contributed by atoms with Crippen molar-refractivity contribution in [1.29, 1.82) is 0 Å². The summed E-state index contributed by atoms with van der Waals surface area (Å²) >= 11 is 3.39. The smallest absolute Gasteiger partial charge is 0.247 e. The molecule has 3 rings (SSSR count). The molecule has 5 heteroatoms. The molecule has 0 radical (unpaired) electrons. The number of hydrogen-bond acceptors (Lipinski definition) is 3. The Morgan fingerprint density at radius 2 is 2.44 bits per heavy atom. The molecule has 2 aliphatic heterocycles. The van der Waals surface area contributed by atoms with Gasteiger partial charge in [0, 0.05) is 17.2 Å². The fraction of sp³-hybridized carbons (Fsp3) is 0.538. The molecule has 1 N–H and O–H groups in total. The Balaban J connectivity index is 1.95. The summed E-state index contributed by atoms with van der Waals surface area (Å²) in [7, 11) is 0. The van der Waals surface area contributed by atoms with Crippen LogP contribution in [-0.2, 0) is 4.79 Å². The highest BCUT2D eigenvalue weighted by molar-refractivity contribution is 9.10. The SMILES string of the molecule is CCC1CCN2c3ncc(Br)cc3NC(=O)C2C1. The average molecular weight is 310 g/mol. The number of amides is 1. The van der Waals surface area contributed by atoms with Gasteiger partial charge in [-0.15, -0.1) is 0 Å². The van der Waals surface area contributed by atoms with Crippen molar-refractivity contribution >= 4 is 33.3 Å². The van der Waals surface area contributed by atoms with Gasteiger partial charge in [-0.2, -0.15) is 0 Å². The van der Waals surface area contributed by atoms with E-state index in [9.17, 15) is 4.79 Å². The predicted octanol–water partition coefficient (Wildman–Crippen LogP) is 2.79. The van der Waals surface area contributed by atoms with Crippen LogP contribution in [0.1, 0.15) is 26.2 Å². The normalized spacial score (nSPS) is 26.3. The number of carbonyl (C=O) groups excluding carboxylic acids is 1. The number of halogens is 1. The molecule has 0 aromatic carbocycles. The van der Waals surface area contributed by atoms with Crippen molar-refractivity contribution in [1.82, 2.24) is 4.98 Å². The molecule has 0 saturated carbocycles. The standard InChI is InChI=1S/C13H16BrN3O/c1-2-8-3-4-17-11(5-8)13(18)16-10-6-9(14)7-15-12(10)17/h6-8,11H,2-5H2,1H3,(H,16,18). The zero-order chi connectivity index (χ0) is 12.7. The summed E-state index contributed by atoms with van der Waals surface area (Å²) in [6.45, 7) is 3.13. The van der Waals surface area contributed by atoms with Crippen LogP contribution in [0.2, 0.25) is 0 Å². The number of nitrogens with zero attached hydrogens (tertiary/aromatic N) is 2. The van der Waals surface area contributed by atoms with Gasteiger partial charge in [-0.1, -0.05) is 13.3 Å². The number of nitrogens with one attached hydrogen (secondary N) is 1. The first-order chi connectivity index (χ1) is 8.69. The third-order valence-electron chi connectivity index (χ3n) is 3.95. The Hall–Kier alpha value is -1.10. The van der Waals surface area contributed by atoms with Crippen molar-refractivity contribution in [2.75, 3.05) is 16.8 Å². The Labute approximate surface area is 115 Å². The van der Waals surface area contributed by atoms with E-state index in [0.29, 0.717) is 5.92 Å². The van der Waals surface area contributed by atoms with Gasteiger partial charge in [-0.25, -0.2) is 4.98 Å². The van der Waals surface area contributed by atoms with Gasteiger partial charge in [0.15, 0.2) is 5.82 Å². The molecule has 1 aromatic rings. The topological polar surface area (TPSA) is 45.2 Å². The van der Waals surface area contributed by atoms with Crippen molar-refractivity contribution in [3.05, 3.63) is 16.7 Å². The number of rotatable bonds is 1. The summed E-state index contributed by atoms with van der Waals surface area (Å²) in [4.78, 5) is 18.8. The van der Waals surface area contributed by atoms with Gasteiger partial charge in [0.2, 0.25) is 5.91 Å². The van der Waals surface area contributed by atoms with Gasteiger partial charge in [-0.05, 0) is 40.8 Å². The summed E-state index contributed by atoms with van der Waals surface area (Å²) in [5.41, 5.74) is 0.820. The molecule has 1 aromatic heterocycles. The van der Waals surface area contributed by atoms with Crippen LogP contribution in [-0.4, -0.2) is 23.5 Å². The van der Waals surface area contributed by atoms with E-state index in [2.05, 4.69) is 38.1 Å². The van der Waals surface area contributed by atoms with Crippen molar-refractivity contribution in [2.45, 2.75) is 32.2 Å². The van der Waals surface area contributed by atoms with Crippen LogP contribution in [0.15, 0.2) is 16.7 Å². The molecule has 18 heavy (non-hydrogen) atoms. The summed E-state index contributed by atoms with van der Waals surface area (Å²) in [6.07, 6.45) is 5.04. The first-order valence-electron chi connectivity index (χ1n) is 6.42. The quantitative estimate of drug-likeness (QED) is 0.867. The summed E-state index contributed by atoms with van der Waals surface area (Å²) in [6, 6.07) is 1.88. The van der Waals surface area contributed by atoms with E-state index in [1.54, 1.807) is 6.20 Å². The van der Waals surface area contributed by atoms with Crippen LogP contribution >= 0.6 is 15.9 Å². The lowest BCUT2D eigenvalue weighted by Crippen LogP contribution is -2.52. The number of pyridine rings is 1. The minimum absolute atomic E-state index is 0.0372. The van der Waals surface area contributed by atoms with Gasteiger partial charge in [0.05, 0.1) is 5.69 Å². The molecule has 0 spiro atoms. The summed E-state index contributed by atoms with van der Waals surface area (Å²) in [5, 5.41) is 2.97. The third kappa shape index (κ3) is 1.90. The molecule has 1 fully saturated rings. The molecule has 0 bridgehead atoms. The minimum Gasteiger partial charge on any atom is -0.343 e. The van der Waals surface area contributed by atoms with Gasteiger partial charge in [-0.3, -0.25) is 4.79 Å². The van der Waals surface area contributed by atoms with E-state index in [0.717, 1.165) is 41.8 Å². The van der Waals surface area contributed by atoms with Gasteiger partial charge in [0.1, 0.15) is 6.04 Å². The van der Waals surface area contributed by atoms with Crippen LogP contribution in [0, 0.1) is 5.92 Å². The van der Waals surface area contributed by atoms with Gasteiger partial charge >= 0.3 is 0 Å². The first kappa shape index (κ1) is 12.0. The van der Waals surface area contributed by atoms with E-state index in [-0.39, 0.29) is 11.9 Å². The maximum Gasteiger partial charge on any atom is 0.247 e. The van der Waals surface area contributed by atoms with E-state index in [1.807, 2.05) is 6.07 Å². The van der Waals surface area contributed by atoms with Gasteiger partial charge in [0.25, 0.3) is 0 Å². The first-order valence-corrected chi connectivity index (χ1v) is 7.21. The van der Waals surface area contributed by atoms with Crippen molar-refractivity contribution in [2.24, 2.45) is 5.92 Å². The second-order valence-corrected chi connectivity index (χ2v) is 5.94. The average Bonchev–Trinajstić information content (AvgIpc) is 2.38. The van der Waals surface area contributed by atoms with E-state index in [1.165, 1.54) is 0 Å². The van der Waals surface area contributed by atoms with Crippen LogP contribution in [0.5, 0.6) is 0 Å². The second-order valence-electron chi connectivity index (χ2n) is 5.02. The van der Waals surface area contributed by atoms with E-state index >= 15 is 0 Å². The monoisotopic (exact) mass is 309 g/mol. The molecule has 1 saturated heterocycles. The highest BCUT2D eigenvalue weighted by atomic mass is 79.9. The molecule has 4 nitrogen and oxygen atoms in total. The molecular formula is C13H16BrN3O. The highest BCUT2D eigenvalue weighted by Gasteiger charge is 2.38. The number of fused-ring (bicyclic) bond motifs is 3. The summed E-state index contributed by atoms with van der Waals surface area (Å²) < 4.78 is 0.892. The van der Waals surface area contributed by atoms with Crippen LogP contribution in [0.3, 0.4) is 0 Å². The Morgan fingerprint density at radius 1 is 1.61 bits per heavy atom. The maximum absolute atomic E-state index is 12.2. The number of hydrogen-bond donors (Lipinski definition) is 1. The van der Waals surface area contributed by atoms with Gasteiger partial charge < -0.3 is 10.2 Å². The van der Waals surface area contributed by atoms with Crippen molar-refractivity contribution in [3.63, 3.8) is 0 Å². The number of aromatic nitrogens is 1. The molecule has 2 aliphatic rings. The highest BCUT2D eigenvalue weighted by Crippen LogP contribution is 2.37. The molecule has 2 unspecified atom stereocenters. The van der Waals surface area contributed by atoms with Crippen LogP contribution < -0.4 is 10.2 Å². The number of anilines is 2. The lowest BCUT2D eigenvalue weighted by molar-refractivity contribution is -0.118. The molecule has 96 valence electrons. The lowest BCUT2D eigenvalue weighted by Gasteiger charge is -2.42. The summed E-state index contributed by atoms with van der Waals surface area (Å²) in [5.74, 6) is 1.69. The van der Waals surface area contributed by atoms with E-state index < -0.39 is 0 Å². The Kier molecular flexibility index (Phi) is 3.01. The largest absolute Gasteiger partial charge is 0.343 e. The predicted molar refractivity (Wildman–Crippen MR) is 74.7 cm³/mol. The fourth-order valence-corrected chi connectivity index (χ4v) is 3.21. The molecule has 2 atom stereocenters. The van der Waals surface area contributed by atoms with Crippen molar-refractivity contribution in [3.8, 4) is 0 Å². The Bertz CT molecular complexity index is 491. The third-order valence-corrected chi connectivity index (χ3v) is 4.39. The van der Waals surface area contributed by atoms with Crippen LogP contribution in [0.4, 0.5) is 11.5 Å². The number of piperidine rings is 1. The fourth-order valence-electron chi connectivity index (χ4n) is 2.88. The zero-order valence-electron chi connectivity index (χ0n) is 10.3. The zero-order valence-corrected chi connectivity index (χ0v) is 11.9. The number of carbonyl (C=O) groups is 1. The maximum atomic E-state index is 12.2. The molecule has 0 aliphatic carbocycles. The molecule has 3 heterocycles.